The number of carbonyl (C=O) groups excluding carboxylic acids is 1. The maximum absolute atomic E-state index is 12.6. The van der Waals surface area contributed by atoms with Gasteiger partial charge < -0.3 is 24.6 Å². The number of nitrogens with one attached hydrogen (secondary N) is 2. The van der Waals surface area contributed by atoms with Crippen LogP contribution in [0.5, 0.6) is 11.5 Å². The van der Waals surface area contributed by atoms with Crippen LogP contribution in [0.15, 0.2) is 41.2 Å². The molecule has 2 N–H and O–H groups in total. The number of rotatable bonds is 6. The average molecular weight is 389 g/mol. The number of methoxy groups -OCH3 is 2. The highest BCUT2D eigenvalue weighted by Crippen LogP contribution is 2.36. The summed E-state index contributed by atoms with van der Waals surface area (Å²) in [6, 6.07) is 6.54. The van der Waals surface area contributed by atoms with Crippen LogP contribution in [-0.2, 0) is 0 Å². The van der Waals surface area contributed by atoms with Crippen molar-refractivity contribution < 1.29 is 18.8 Å². The molecule has 2 heterocycles. The van der Waals surface area contributed by atoms with Crippen molar-refractivity contribution >= 4 is 34.7 Å². The second kappa shape index (κ2) is 7.96. The molecule has 0 atom stereocenters. The Kier molecular flexibility index (Phi) is 5.46. The maximum Gasteiger partial charge on any atom is 0.257 e. The van der Waals surface area contributed by atoms with E-state index in [1.807, 2.05) is 0 Å². The third kappa shape index (κ3) is 4.29. The summed E-state index contributed by atoms with van der Waals surface area (Å²) < 4.78 is 15.5. The number of benzene rings is 1. The first-order chi connectivity index (χ1) is 13.0. The SMILES string of the molecule is COc1cc(NC(=O)c2cncc(Nc3cc(C)on3)c2)c(OC)cc1Cl. The maximum atomic E-state index is 12.6. The smallest absolute Gasteiger partial charge is 0.257 e. The van der Waals surface area contributed by atoms with Crippen LogP contribution in [0.25, 0.3) is 0 Å². The normalized spacial score (nSPS) is 10.4. The van der Waals surface area contributed by atoms with E-state index in [0.717, 1.165) is 0 Å². The summed E-state index contributed by atoms with van der Waals surface area (Å²) in [6.45, 7) is 1.79. The molecule has 0 radical (unpaired) electrons. The topological polar surface area (TPSA) is 98.5 Å². The molecule has 0 spiro atoms. The number of hydrogen-bond acceptors (Lipinski definition) is 7. The molecule has 3 rings (SSSR count). The second-order valence-electron chi connectivity index (χ2n) is 5.55. The van der Waals surface area contributed by atoms with Gasteiger partial charge in [-0.1, -0.05) is 16.8 Å². The zero-order valence-electron chi connectivity index (χ0n) is 14.9. The van der Waals surface area contributed by atoms with Crippen LogP contribution in [0.1, 0.15) is 16.1 Å². The zero-order valence-corrected chi connectivity index (χ0v) is 15.6. The van der Waals surface area contributed by atoms with Crippen molar-refractivity contribution in [2.75, 3.05) is 24.9 Å². The first-order valence-corrected chi connectivity index (χ1v) is 8.26. The largest absolute Gasteiger partial charge is 0.495 e. The molecule has 0 aliphatic rings. The average Bonchev–Trinajstić information content (AvgIpc) is 3.07. The minimum Gasteiger partial charge on any atom is -0.495 e. The molecule has 0 saturated carbocycles. The molecule has 0 aliphatic heterocycles. The third-order valence-electron chi connectivity index (χ3n) is 3.62. The fraction of sp³-hybridized carbons (Fsp3) is 0.167. The molecule has 9 heteroatoms. The van der Waals surface area contributed by atoms with Gasteiger partial charge >= 0.3 is 0 Å². The Morgan fingerprint density at radius 2 is 1.89 bits per heavy atom. The molecule has 8 nitrogen and oxygen atoms in total. The van der Waals surface area contributed by atoms with E-state index in [2.05, 4.69) is 20.8 Å². The van der Waals surface area contributed by atoms with Crippen LogP contribution in [0, 0.1) is 6.92 Å². The molecule has 0 unspecified atom stereocenters. The highest BCUT2D eigenvalue weighted by Gasteiger charge is 2.14. The number of carbonyl (C=O) groups is 1. The van der Waals surface area contributed by atoms with Crippen LogP contribution in [0.2, 0.25) is 5.02 Å². The Bertz CT molecular complexity index is 974. The van der Waals surface area contributed by atoms with Gasteiger partial charge in [0, 0.05) is 24.4 Å². The van der Waals surface area contributed by atoms with Crippen LogP contribution >= 0.6 is 11.6 Å². The predicted octanol–water partition coefficient (Wildman–Crippen LogP) is 4.04. The first-order valence-electron chi connectivity index (χ1n) is 7.88. The quantitative estimate of drug-likeness (QED) is 0.657. The lowest BCUT2D eigenvalue weighted by Gasteiger charge is -2.13. The minimum absolute atomic E-state index is 0.344. The highest BCUT2D eigenvalue weighted by atomic mass is 35.5. The van der Waals surface area contributed by atoms with Gasteiger partial charge in [-0.2, -0.15) is 0 Å². The minimum atomic E-state index is -0.370. The highest BCUT2D eigenvalue weighted by molar-refractivity contribution is 6.32. The number of aryl methyl sites for hydroxylation is 1. The van der Waals surface area contributed by atoms with Crippen LogP contribution in [0.4, 0.5) is 17.2 Å². The molecule has 1 aromatic carbocycles. The van der Waals surface area contributed by atoms with Gasteiger partial charge in [0.2, 0.25) is 0 Å². The number of pyridine rings is 1. The molecule has 0 bridgehead atoms. The van der Waals surface area contributed by atoms with Gasteiger partial charge in [-0.3, -0.25) is 9.78 Å². The summed E-state index contributed by atoms with van der Waals surface area (Å²) in [7, 11) is 2.98. The number of nitrogens with zero attached hydrogens (tertiary/aromatic N) is 2. The summed E-state index contributed by atoms with van der Waals surface area (Å²) in [5.74, 6) is 1.65. The molecule has 0 saturated heterocycles. The van der Waals surface area contributed by atoms with Gasteiger partial charge in [-0.15, -0.1) is 0 Å². The lowest BCUT2D eigenvalue weighted by molar-refractivity contribution is 0.102. The van der Waals surface area contributed by atoms with Crippen LogP contribution in [-0.4, -0.2) is 30.3 Å². The van der Waals surface area contributed by atoms with E-state index < -0.39 is 0 Å². The number of ether oxygens (including phenoxy) is 2. The second-order valence-corrected chi connectivity index (χ2v) is 5.96. The molecule has 0 aliphatic carbocycles. The van der Waals surface area contributed by atoms with Crippen molar-refractivity contribution in [1.29, 1.82) is 0 Å². The Balaban J connectivity index is 1.81. The molecule has 2 aromatic heterocycles. The van der Waals surface area contributed by atoms with E-state index in [9.17, 15) is 4.79 Å². The van der Waals surface area contributed by atoms with Gasteiger partial charge in [0.25, 0.3) is 5.91 Å². The number of aromatic nitrogens is 2. The lowest BCUT2D eigenvalue weighted by atomic mass is 10.2. The Morgan fingerprint density at radius 3 is 2.56 bits per heavy atom. The zero-order chi connectivity index (χ0) is 19.4. The van der Waals surface area contributed by atoms with Crippen molar-refractivity contribution in [3.05, 3.63) is 53.0 Å². The van der Waals surface area contributed by atoms with E-state index in [1.165, 1.54) is 20.4 Å². The number of amides is 1. The summed E-state index contributed by atoms with van der Waals surface area (Å²) in [4.78, 5) is 16.7. The summed E-state index contributed by atoms with van der Waals surface area (Å²) in [5, 5.41) is 10.0. The first kappa shape index (κ1) is 18.5. The van der Waals surface area contributed by atoms with Crippen molar-refractivity contribution in [2.45, 2.75) is 6.92 Å². The van der Waals surface area contributed by atoms with E-state index >= 15 is 0 Å². The molecule has 0 fully saturated rings. The fourth-order valence-corrected chi connectivity index (χ4v) is 2.59. The Hall–Kier alpha value is -3.26. The van der Waals surface area contributed by atoms with E-state index in [-0.39, 0.29) is 5.91 Å². The Morgan fingerprint density at radius 1 is 1.11 bits per heavy atom. The monoisotopic (exact) mass is 388 g/mol. The summed E-state index contributed by atoms with van der Waals surface area (Å²) in [5.41, 5.74) is 1.36. The fourth-order valence-electron chi connectivity index (χ4n) is 2.36. The predicted molar refractivity (Wildman–Crippen MR) is 101 cm³/mol. The van der Waals surface area contributed by atoms with Crippen LogP contribution < -0.4 is 20.1 Å². The van der Waals surface area contributed by atoms with Gasteiger partial charge in [-0.25, -0.2) is 0 Å². The number of anilines is 3. The third-order valence-corrected chi connectivity index (χ3v) is 3.92. The Labute approximate surface area is 160 Å². The standard InChI is InChI=1S/C18H17ClN4O4/c1-10-4-17(23-27-10)21-12-5-11(8-20-9-12)18(24)22-14-7-15(25-2)13(19)6-16(14)26-3/h4-9H,1-3H3,(H,21,23)(H,22,24). The van der Waals surface area contributed by atoms with Crippen molar-refractivity contribution in [1.82, 2.24) is 10.1 Å². The van der Waals surface area contributed by atoms with Gasteiger partial charge in [0.1, 0.15) is 17.3 Å². The van der Waals surface area contributed by atoms with E-state index in [1.54, 1.807) is 37.4 Å². The molecular weight excluding hydrogens is 372 g/mol. The summed E-state index contributed by atoms with van der Waals surface area (Å²) >= 11 is 6.08. The molecule has 140 valence electrons. The van der Waals surface area contributed by atoms with Crippen molar-refractivity contribution in [2.24, 2.45) is 0 Å². The van der Waals surface area contributed by atoms with Gasteiger partial charge in [0.15, 0.2) is 5.82 Å². The van der Waals surface area contributed by atoms with Gasteiger partial charge in [0.05, 0.1) is 42.4 Å². The van der Waals surface area contributed by atoms with Gasteiger partial charge in [-0.05, 0) is 13.0 Å². The lowest BCUT2D eigenvalue weighted by Crippen LogP contribution is -2.13. The van der Waals surface area contributed by atoms with Crippen molar-refractivity contribution in [3.63, 3.8) is 0 Å². The van der Waals surface area contributed by atoms with Crippen molar-refractivity contribution in [3.8, 4) is 11.5 Å². The number of halogens is 1. The van der Waals surface area contributed by atoms with E-state index in [4.69, 9.17) is 25.6 Å². The molecular formula is C18H17ClN4O4. The molecule has 27 heavy (non-hydrogen) atoms. The van der Waals surface area contributed by atoms with Crippen LogP contribution in [0.3, 0.4) is 0 Å². The number of hydrogen-bond donors (Lipinski definition) is 2. The molecule has 3 aromatic rings. The molecule has 1 amide bonds. The summed E-state index contributed by atoms with van der Waals surface area (Å²) in [6.07, 6.45) is 3.03. The van der Waals surface area contributed by atoms with E-state index in [0.29, 0.717) is 45.0 Å².